The van der Waals surface area contributed by atoms with Gasteiger partial charge in [-0.25, -0.2) is 4.98 Å². The van der Waals surface area contributed by atoms with Crippen LogP contribution in [0.2, 0.25) is 0 Å². The first-order valence-corrected chi connectivity index (χ1v) is 5.68. The van der Waals surface area contributed by atoms with Crippen LogP contribution in [0.5, 0.6) is 5.88 Å². The van der Waals surface area contributed by atoms with Crippen molar-refractivity contribution in [2.24, 2.45) is 5.73 Å². The van der Waals surface area contributed by atoms with Gasteiger partial charge in [0.25, 0.3) is 0 Å². The van der Waals surface area contributed by atoms with Gasteiger partial charge in [0.1, 0.15) is 0 Å². The zero-order valence-corrected chi connectivity index (χ0v) is 9.99. The van der Waals surface area contributed by atoms with Crippen LogP contribution in [0.3, 0.4) is 0 Å². The zero-order valence-electron chi connectivity index (χ0n) is 9.99. The number of aromatic nitrogens is 2. The van der Waals surface area contributed by atoms with Gasteiger partial charge in [0.05, 0.1) is 6.61 Å². The maximum atomic E-state index is 5.47. The average molecular weight is 224 g/mol. The lowest BCUT2D eigenvalue weighted by Gasteiger charge is -2.08. The van der Waals surface area contributed by atoms with Gasteiger partial charge in [-0.15, -0.1) is 0 Å². The van der Waals surface area contributed by atoms with E-state index in [0.29, 0.717) is 25.0 Å². The van der Waals surface area contributed by atoms with Gasteiger partial charge in [0.2, 0.25) is 11.8 Å². The fourth-order valence-corrected chi connectivity index (χ4v) is 1.20. The maximum Gasteiger partial charge on any atom is 0.226 e. The quantitative estimate of drug-likeness (QED) is 0.684. The molecule has 90 valence electrons. The fourth-order valence-electron chi connectivity index (χ4n) is 1.20. The Balaban J connectivity index is 2.58. The van der Waals surface area contributed by atoms with Crippen LogP contribution in [0.4, 0.5) is 5.95 Å². The summed E-state index contributed by atoms with van der Waals surface area (Å²) in [5.74, 6) is 1.24. The summed E-state index contributed by atoms with van der Waals surface area (Å²) in [5, 5.41) is 3.12. The lowest BCUT2D eigenvalue weighted by Crippen LogP contribution is -2.11. The van der Waals surface area contributed by atoms with Crippen molar-refractivity contribution < 1.29 is 4.74 Å². The number of hydrogen-bond donors (Lipinski definition) is 2. The van der Waals surface area contributed by atoms with Crippen LogP contribution in [-0.4, -0.2) is 29.7 Å². The van der Waals surface area contributed by atoms with E-state index in [2.05, 4.69) is 22.2 Å². The minimum Gasteiger partial charge on any atom is -0.478 e. The van der Waals surface area contributed by atoms with Gasteiger partial charge >= 0.3 is 0 Å². The molecule has 0 saturated carbocycles. The molecule has 1 rings (SSSR count). The molecule has 0 aromatic carbocycles. The highest BCUT2D eigenvalue weighted by Crippen LogP contribution is 2.11. The number of nitrogens with two attached hydrogens (primary N) is 1. The zero-order chi connectivity index (χ0) is 11.8. The van der Waals surface area contributed by atoms with Crippen molar-refractivity contribution in [3.63, 3.8) is 0 Å². The summed E-state index contributed by atoms with van der Waals surface area (Å²) in [7, 11) is 0. The molecule has 0 radical (unpaired) electrons. The standard InChI is InChI=1S/C11H20N4O/c1-3-7-16-10-8-9(2)14-11(15-10)13-6-4-5-12/h8H,3-7,12H2,1-2H3,(H,13,14,15). The Bertz CT molecular complexity index is 317. The molecule has 0 fully saturated rings. The van der Waals surface area contributed by atoms with Crippen LogP contribution < -0.4 is 15.8 Å². The van der Waals surface area contributed by atoms with E-state index in [1.54, 1.807) is 0 Å². The minimum absolute atomic E-state index is 0.611. The van der Waals surface area contributed by atoms with Crippen LogP contribution in [0.1, 0.15) is 25.5 Å². The fraction of sp³-hybridized carbons (Fsp3) is 0.636. The number of ether oxygens (including phenoxy) is 1. The third kappa shape index (κ3) is 4.44. The average Bonchev–Trinajstić information content (AvgIpc) is 2.26. The number of aryl methyl sites for hydroxylation is 1. The molecule has 1 aromatic rings. The van der Waals surface area contributed by atoms with Crippen molar-refractivity contribution >= 4 is 5.95 Å². The van der Waals surface area contributed by atoms with Crippen molar-refractivity contribution in [3.8, 4) is 5.88 Å². The molecule has 3 N–H and O–H groups in total. The third-order valence-electron chi connectivity index (χ3n) is 1.95. The van der Waals surface area contributed by atoms with E-state index < -0.39 is 0 Å². The Morgan fingerprint density at radius 1 is 1.44 bits per heavy atom. The van der Waals surface area contributed by atoms with E-state index in [1.165, 1.54) is 0 Å². The highest BCUT2D eigenvalue weighted by Gasteiger charge is 2.02. The molecule has 1 aromatic heterocycles. The molecule has 0 bridgehead atoms. The van der Waals surface area contributed by atoms with Crippen LogP contribution in [0.25, 0.3) is 0 Å². The molecule has 0 unspecified atom stereocenters. The van der Waals surface area contributed by atoms with Gasteiger partial charge in [0, 0.05) is 18.3 Å². The normalized spacial score (nSPS) is 10.2. The van der Waals surface area contributed by atoms with Crippen molar-refractivity contribution in [3.05, 3.63) is 11.8 Å². The van der Waals surface area contributed by atoms with Gasteiger partial charge in [-0.1, -0.05) is 6.92 Å². The first-order chi connectivity index (χ1) is 7.76. The van der Waals surface area contributed by atoms with Crippen LogP contribution in [-0.2, 0) is 0 Å². The topological polar surface area (TPSA) is 73.1 Å². The summed E-state index contributed by atoms with van der Waals surface area (Å²) >= 11 is 0. The van der Waals surface area contributed by atoms with Gasteiger partial charge in [-0.3, -0.25) is 0 Å². The molecule has 16 heavy (non-hydrogen) atoms. The first-order valence-electron chi connectivity index (χ1n) is 5.68. The Morgan fingerprint density at radius 3 is 2.94 bits per heavy atom. The number of hydrogen-bond acceptors (Lipinski definition) is 5. The second-order valence-corrected chi connectivity index (χ2v) is 3.59. The van der Waals surface area contributed by atoms with Crippen molar-refractivity contribution in [1.82, 2.24) is 9.97 Å². The molecule has 5 nitrogen and oxygen atoms in total. The Labute approximate surface area is 96.4 Å². The van der Waals surface area contributed by atoms with E-state index in [0.717, 1.165) is 25.1 Å². The number of rotatable bonds is 7. The summed E-state index contributed by atoms with van der Waals surface area (Å²) < 4.78 is 5.47. The Hall–Kier alpha value is -1.36. The van der Waals surface area contributed by atoms with Gasteiger partial charge < -0.3 is 15.8 Å². The molecule has 0 saturated heterocycles. The van der Waals surface area contributed by atoms with Gasteiger partial charge in [-0.05, 0) is 26.3 Å². The van der Waals surface area contributed by atoms with Crippen molar-refractivity contribution in [2.45, 2.75) is 26.7 Å². The predicted octanol–water partition coefficient (Wildman–Crippen LogP) is 1.33. The second-order valence-electron chi connectivity index (χ2n) is 3.59. The number of nitrogens with one attached hydrogen (secondary N) is 1. The van der Waals surface area contributed by atoms with E-state index in [1.807, 2.05) is 13.0 Å². The Kier molecular flexibility index (Phi) is 5.56. The van der Waals surface area contributed by atoms with E-state index in [-0.39, 0.29) is 0 Å². The molecule has 5 heteroatoms. The van der Waals surface area contributed by atoms with Crippen molar-refractivity contribution in [1.29, 1.82) is 0 Å². The second kappa shape index (κ2) is 7.00. The Morgan fingerprint density at radius 2 is 2.25 bits per heavy atom. The van der Waals surface area contributed by atoms with Crippen LogP contribution >= 0.6 is 0 Å². The van der Waals surface area contributed by atoms with E-state index in [4.69, 9.17) is 10.5 Å². The summed E-state index contributed by atoms with van der Waals surface area (Å²) in [5.41, 5.74) is 6.31. The number of anilines is 1. The first kappa shape index (κ1) is 12.7. The molecule has 0 atom stereocenters. The monoisotopic (exact) mass is 224 g/mol. The molecule has 0 aliphatic rings. The van der Waals surface area contributed by atoms with Crippen LogP contribution in [0.15, 0.2) is 6.07 Å². The highest BCUT2D eigenvalue weighted by molar-refractivity contribution is 5.30. The van der Waals surface area contributed by atoms with E-state index in [9.17, 15) is 0 Å². The van der Waals surface area contributed by atoms with Crippen molar-refractivity contribution in [2.75, 3.05) is 25.0 Å². The molecular weight excluding hydrogens is 204 g/mol. The highest BCUT2D eigenvalue weighted by atomic mass is 16.5. The SMILES string of the molecule is CCCOc1cc(C)nc(NCCCN)n1. The smallest absolute Gasteiger partial charge is 0.226 e. The lowest BCUT2D eigenvalue weighted by atomic mass is 10.4. The number of nitrogens with zero attached hydrogens (tertiary/aromatic N) is 2. The molecule has 0 amide bonds. The molecule has 0 aliphatic heterocycles. The molecule has 0 aliphatic carbocycles. The van der Waals surface area contributed by atoms with E-state index >= 15 is 0 Å². The largest absolute Gasteiger partial charge is 0.478 e. The molecule has 0 spiro atoms. The summed E-state index contributed by atoms with van der Waals surface area (Å²) in [6, 6.07) is 1.84. The van der Waals surface area contributed by atoms with Gasteiger partial charge in [0.15, 0.2) is 0 Å². The minimum atomic E-state index is 0.611. The van der Waals surface area contributed by atoms with Crippen LogP contribution in [0, 0.1) is 6.92 Å². The summed E-state index contributed by atoms with van der Waals surface area (Å²) in [6.45, 7) is 6.12. The molecule has 1 heterocycles. The maximum absolute atomic E-state index is 5.47. The lowest BCUT2D eigenvalue weighted by molar-refractivity contribution is 0.305. The predicted molar refractivity (Wildman–Crippen MR) is 64.7 cm³/mol. The summed E-state index contributed by atoms with van der Waals surface area (Å²) in [4.78, 5) is 8.53. The van der Waals surface area contributed by atoms with Gasteiger partial charge in [-0.2, -0.15) is 4.98 Å². The summed E-state index contributed by atoms with van der Waals surface area (Å²) in [6.07, 6.45) is 1.88. The molecular formula is C11H20N4O. The third-order valence-corrected chi connectivity index (χ3v) is 1.95.